The van der Waals surface area contributed by atoms with Crippen LogP contribution in [0.25, 0.3) is 11.3 Å². The Labute approximate surface area is 147 Å². The zero-order valence-corrected chi connectivity index (χ0v) is 14.6. The number of nitrogens with zero attached hydrogens (tertiary/aromatic N) is 3. The van der Waals surface area contributed by atoms with Gasteiger partial charge in [0.05, 0.1) is 19.4 Å². The summed E-state index contributed by atoms with van der Waals surface area (Å²) in [6.07, 6.45) is 1.85. The fourth-order valence-corrected chi connectivity index (χ4v) is 3.60. The maximum atomic E-state index is 6.06. The number of hydrogen-bond acceptors (Lipinski definition) is 7. The van der Waals surface area contributed by atoms with Crippen LogP contribution >= 0.6 is 0 Å². The van der Waals surface area contributed by atoms with Gasteiger partial charge in [-0.25, -0.2) is 4.98 Å². The lowest BCUT2D eigenvalue weighted by Gasteiger charge is -2.22. The topological polar surface area (TPSA) is 85.5 Å². The van der Waals surface area contributed by atoms with Crippen molar-refractivity contribution in [1.82, 2.24) is 15.3 Å². The van der Waals surface area contributed by atoms with Crippen LogP contribution in [-0.2, 0) is 6.42 Å². The third-order valence-corrected chi connectivity index (χ3v) is 4.95. The van der Waals surface area contributed by atoms with Crippen molar-refractivity contribution < 1.29 is 9.47 Å². The van der Waals surface area contributed by atoms with E-state index in [1.165, 1.54) is 0 Å². The summed E-state index contributed by atoms with van der Waals surface area (Å²) in [5.41, 5.74) is 8.91. The van der Waals surface area contributed by atoms with Crippen LogP contribution in [0.1, 0.15) is 12.0 Å². The van der Waals surface area contributed by atoms with Crippen molar-refractivity contribution in [2.45, 2.75) is 18.9 Å². The van der Waals surface area contributed by atoms with Crippen LogP contribution in [0.15, 0.2) is 18.2 Å². The molecule has 0 amide bonds. The number of benzene rings is 1. The Bertz CT molecular complexity index is 795. The first-order chi connectivity index (χ1) is 12.2. The lowest BCUT2D eigenvalue weighted by atomic mass is 10.0. The molecular formula is C18H23N5O2. The number of nitrogens with two attached hydrogens (primary N) is 1. The number of likely N-dealkylation sites (N-methyl/N-ethyl adjacent to an activating group) is 1. The molecule has 0 bridgehead atoms. The highest BCUT2D eigenvalue weighted by Crippen LogP contribution is 2.40. The quantitative estimate of drug-likeness (QED) is 0.874. The van der Waals surface area contributed by atoms with Crippen LogP contribution in [0.4, 0.5) is 11.8 Å². The largest absolute Gasteiger partial charge is 0.497 e. The highest BCUT2D eigenvalue weighted by atomic mass is 16.5. The molecule has 1 aromatic heterocycles. The van der Waals surface area contributed by atoms with E-state index in [1.54, 1.807) is 7.11 Å². The summed E-state index contributed by atoms with van der Waals surface area (Å²) in [4.78, 5) is 11.4. The number of hydrogen-bond donors (Lipinski definition) is 2. The fourth-order valence-electron chi connectivity index (χ4n) is 3.60. The second-order valence-electron chi connectivity index (χ2n) is 6.41. The van der Waals surface area contributed by atoms with Crippen molar-refractivity contribution >= 4 is 11.8 Å². The number of fused-ring (bicyclic) bond motifs is 3. The lowest BCUT2D eigenvalue weighted by Crippen LogP contribution is -2.30. The van der Waals surface area contributed by atoms with Crippen LogP contribution in [0.5, 0.6) is 11.5 Å². The van der Waals surface area contributed by atoms with E-state index >= 15 is 0 Å². The second kappa shape index (κ2) is 6.40. The highest BCUT2D eigenvalue weighted by molar-refractivity contribution is 5.77. The second-order valence-corrected chi connectivity index (χ2v) is 6.41. The Morgan fingerprint density at radius 1 is 1.36 bits per heavy atom. The molecule has 2 aliphatic rings. The molecule has 0 spiro atoms. The molecular weight excluding hydrogens is 318 g/mol. The highest BCUT2D eigenvalue weighted by Gasteiger charge is 2.28. The third kappa shape index (κ3) is 2.84. The first-order valence-corrected chi connectivity index (χ1v) is 8.59. The lowest BCUT2D eigenvalue weighted by molar-refractivity contribution is 0.325. The molecule has 2 aliphatic heterocycles. The monoisotopic (exact) mass is 341 g/mol. The zero-order valence-electron chi connectivity index (χ0n) is 14.6. The van der Waals surface area contributed by atoms with E-state index in [-0.39, 0.29) is 5.95 Å². The molecule has 3 heterocycles. The minimum absolute atomic E-state index is 0.289. The van der Waals surface area contributed by atoms with Crippen LogP contribution in [0.3, 0.4) is 0 Å². The standard InChI is InChI=1S/C18H23N5O2/c1-20-11-5-7-23(10-11)17-13-6-8-25-15-4-3-12(24-2)9-14(15)16(13)21-18(19)22-17/h3-4,9,11,20H,5-8,10H2,1-2H3,(H2,19,21,22)/t11-/m1/s1. The fraction of sp³-hybridized carbons (Fsp3) is 0.444. The summed E-state index contributed by atoms with van der Waals surface area (Å²) < 4.78 is 11.3. The SMILES string of the molecule is CN[C@@H]1CCN(c2nc(N)nc3c2CCOc2ccc(OC)cc2-3)C1. The van der Waals surface area contributed by atoms with Crippen molar-refractivity contribution in [1.29, 1.82) is 0 Å². The van der Waals surface area contributed by atoms with E-state index in [0.29, 0.717) is 12.6 Å². The van der Waals surface area contributed by atoms with Gasteiger partial charge in [-0.2, -0.15) is 4.98 Å². The van der Waals surface area contributed by atoms with Gasteiger partial charge >= 0.3 is 0 Å². The van der Waals surface area contributed by atoms with Gasteiger partial charge in [0.15, 0.2) is 0 Å². The Morgan fingerprint density at radius 2 is 2.24 bits per heavy atom. The van der Waals surface area contributed by atoms with E-state index in [4.69, 9.17) is 15.2 Å². The summed E-state index contributed by atoms with van der Waals surface area (Å²) >= 11 is 0. The van der Waals surface area contributed by atoms with Gasteiger partial charge < -0.3 is 25.4 Å². The Morgan fingerprint density at radius 3 is 3.00 bits per heavy atom. The molecule has 7 nitrogen and oxygen atoms in total. The first kappa shape index (κ1) is 16.0. The predicted octanol–water partition coefficient (Wildman–Crippen LogP) is 1.47. The van der Waals surface area contributed by atoms with E-state index in [2.05, 4.69) is 20.2 Å². The average molecular weight is 341 g/mol. The van der Waals surface area contributed by atoms with Crippen molar-refractivity contribution in [2.75, 3.05) is 44.5 Å². The minimum atomic E-state index is 0.289. The van der Waals surface area contributed by atoms with Gasteiger partial charge in [-0.3, -0.25) is 0 Å². The maximum Gasteiger partial charge on any atom is 0.222 e. The van der Waals surface area contributed by atoms with E-state index in [0.717, 1.165) is 60.1 Å². The summed E-state index contributed by atoms with van der Waals surface area (Å²) in [5.74, 6) is 2.79. The predicted molar refractivity (Wildman–Crippen MR) is 97.3 cm³/mol. The molecule has 0 radical (unpaired) electrons. The van der Waals surface area contributed by atoms with E-state index < -0.39 is 0 Å². The molecule has 0 aliphatic carbocycles. The molecule has 0 unspecified atom stereocenters. The van der Waals surface area contributed by atoms with Crippen molar-refractivity contribution in [3.8, 4) is 22.8 Å². The third-order valence-electron chi connectivity index (χ3n) is 4.95. The number of nitrogen functional groups attached to an aromatic ring is 1. The number of ether oxygens (including phenoxy) is 2. The zero-order chi connectivity index (χ0) is 17.4. The molecule has 7 heteroatoms. The molecule has 2 aromatic rings. The number of anilines is 2. The van der Waals surface area contributed by atoms with Crippen LogP contribution < -0.4 is 25.4 Å². The van der Waals surface area contributed by atoms with Gasteiger partial charge in [-0.05, 0) is 31.7 Å². The molecule has 4 rings (SSSR count). The Kier molecular flexibility index (Phi) is 4.09. The molecule has 25 heavy (non-hydrogen) atoms. The Balaban J connectivity index is 1.84. The molecule has 1 saturated heterocycles. The van der Waals surface area contributed by atoms with Crippen LogP contribution in [0, 0.1) is 0 Å². The van der Waals surface area contributed by atoms with Crippen molar-refractivity contribution in [2.24, 2.45) is 0 Å². The van der Waals surface area contributed by atoms with E-state index in [9.17, 15) is 0 Å². The summed E-state index contributed by atoms with van der Waals surface area (Å²) in [6.45, 7) is 2.47. The first-order valence-electron chi connectivity index (χ1n) is 8.59. The van der Waals surface area contributed by atoms with Gasteiger partial charge in [-0.15, -0.1) is 0 Å². The molecule has 1 aromatic carbocycles. The number of nitrogens with one attached hydrogen (secondary N) is 1. The molecule has 132 valence electrons. The summed E-state index contributed by atoms with van der Waals surface area (Å²) in [7, 11) is 3.65. The van der Waals surface area contributed by atoms with Crippen molar-refractivity contribution in [3.05, 3.63) is 23.8 Å². The summed E-state index contributed by atoms with van der Waals surface area (Å²) in [5, 5.41) is 3.34. The number of aromatic nitrogens is 2. The van der Waals surface area contributed by atoms with Crippen LogP contribution in [0.2, 0.25) is 0 Å². The van der Waals surface area contributed by atoms with Gasteiger partial charge in [0, 0.05) is 36.7 Å². The summed E-state index contributed by atoms with van der Waals surface area (Å²) in [6, 6.07) is 6.25. The molecule has 0 saturated carbocycles. The molecule has 1 atom stereocenters. The van der Waals surface area contributed by atoms with Crippen LogP contribution in [-0.4, -0.2) is 49.9 Å². The Hall–Kier alpha value is -2.54. The van der Waals surface area contributed by atoms with Gasteiger partial charge in [0.25, 0.3) is 0 Å². The van der Waals surface area contributed by atoms with Crippen molar-refractivity contribution in [3.63, 3.8) is 0 Å². The molecule has 3 N–H and O–H groups in total. The maximum absolute atomic E-state index is 6.06. The molecule has 1 fully saturated rings. The average Bonchev–Trinajstić information content (AvgIpc) is 3.04. The normalized spacial score (nSPS) is 19.0. The van der Waals surface area contributed by atoms with Gasteiger partial charge in [-0.1, -0.05) is 0 Å². The van der Waals surface area contributed by atoms with Gasteiger partial charge in [0.2, 0.25) is 5.95 Å². The van der Waals surface area contributed by atoms with Gasteiger partial charge in [0.1, 0.15) is 17.3 Å². The minimum Gasteiger partial charge on any atom is -0.497 e. The smallest absolute Gasteiger partial charge is 0.222 e. The number of rotatable bonds is 3. The van der Waals surface area contributed by atoms with E-state index in [1.807, 2.05) is 25.2 Å². The number of methoxy groups -OCH3 is 1.